The number of halogens is 3. The van der Waals surface area contributed by atoms with Crippen LogP contribution in [0.1, 0.15) is 34.8 Å². The van der Waals surface area contributed by atoms with Gasteiger partial charge in [-0.15, -0.1) is 11.3 Å². The topological polar surface area (TPSA) is 68.3 Å². The van der Waals surface area contributed by atoms with Gasteiger partial charge in [-0.3, -0.25) is 4.79 Å². The number of benzene rings is 1. The van der Waals surface area contributed by atoms with E-state index in [1.54, 1.807) is 6.92 Å². The molecule has 0 unspecified atom stereocenters. The first kappa shape index (κ1) is 19.9. The van der Waals surface area contributed by atoms with Crippen LogP contribution in [0.25, 0.3) is 10.6 Å². The molecule has 140 valence electrons. The number of esters is 1. The molecule has 2 rings (SSSR count). The minimum Gasteiger partial charge on any atom is -0.467 e. The maximum atomic E-state index is 12.6. The average molecular weight is 386 g/mol. The van der Waals surface area contributed by atoms with Crippen molar-refractivity contribution in [1.82, 2.24) is 10.3 Å². The van der Waals surface area contributed by atoms with E-state index in [4.69, 9.17) is 0 Å². The van der Waals surface area contributed by atoms with Crippen LogP contribution in [0.3, 0.4) is 0 Å². The Balaban J connectivity index is 2.26. The number of aromatic nitrogens is 1. The van der Waals surface area contributed by atoms with Crippen molar-refractivity contribution in [1.29, 1.82) is 0 Å². The Kier molecular flexibility index (Phi) is 5.41. The second-order valence-corrected chi connectivity index (χ2v) is 7.08. The number of nitrogens with zero attached hydrogens (tertiary/aromatic N) is 1. The molecule has 26 heavy (non-hydrogen) atoms. The molecule has 1 aromatic heterocycles. The Morgan fingerprint density at radius 2 is 1.73 bits per heavy atom. The van der Waals surface area contributed by atoms with E-state index in [1.165, 1.54) is 33.1 Å². The standard InChI is InChI=1S/C17H17F3N2O3S/c1-9-12(13(23)22-16(2,3)15(24)25-4)26-14(21-9)10-5-7-11(8-6-10)17(18,19)20/h5-8H,1-4H3,(H,22,23). The lowest BCUT2D eigenvalue weighted by Crippen LogP contribution is -2.50. The summed E-state index contributed by atoms with van der Waals surface area (Å²) in [6.07, 6.45) is -4.41. The number of nitrogens with one attached hydrogen (secondary N) is 1. The zero-order chi connectivity index (χ0) is 19.7. The van der Waals surface area contributed by atoms with Crippen LogP contribution in [0.4, 0.5) is 13.2 Å². The number of amides is 1. The minimum absolute atomic E-state index is 0.275. The lowest BCUT2D eigenvalue weighted by Gasteiger charge is -2.22. The fourth-order valence-electron chi connectivity index (χ4n) is 2.18. The van der Waals surface area contributed by atoms with Crippen LogP contribution < -0.4 is 5.32 Å². The van der Waals surface area contributed by atoms with E-state index in [0.29, 0.717) is 16.3 Å². The molecule has 0 aliphatic heterocycles. The Labute approximate surface area is 152 Å². The number of rotatable bonds is 4. The molecule has 9 heteroatoms. The van der Waals surface area contributed by atoms with Gasteiger partial charge in [0.05, 0.1) is 18.4 Å². The molecular formula is C17H17F3N2O3S. The highest BCUT2D eigenvalue weighted by atomic mass is 32.1. The van der Waals surface area contributed by atoms with Crippen molar-refractivity contribution >= 4 is 23.2 Å². The summed E-state index contributed by atoms with van der Waals surface area (Å²) in [5, 5.41) is 2.98. The first-order valence-electron chi connectivity index (χ1n) is 7.51. The van der Waals surface area contributed by atoms with Gasteiger partial charge in [0.25, 0.3) is 5.91 Å². The third kappa shape index (κ3) is 4.21. The Hall–Kier alpha value is -2.42. The summed E-state index contributed by atoms with van der Waals surface area (Å²) in [6.45, 7) is 4.62. The van der Waals surface area contributed by atoms with Crippen molar-refractivity contribution in [2.75, 3.05) is 7.11 Å². The second kappa shape index (κ2) is 7.06. The van der Waals surface area contributed by atoms with Gasteiger partial charge in [0.15, 0.2) is 0 Å². The molecule has 0 fully saturated rings. The van der Waals surface area contributed by atoms with Gasteiger partial charge in [0.2, 0.25) is 0 Å². The molecular weight excluding hydrogens is 369 g/mol. The molecule has 0 aliphatic rings. The van der Waals surface area contributed by atoms with Crippen molar-refractivity contribution in [2.45, 2.75) is 32.5 Å². The third-order valence-corrected chi connectivity index (χ3v) is 4.79. The molecule has 1 heterocycles. The first-order valence-corrected chi connectivity index (χ1v) is 8.33. The smallest absolute Gasteiger partial charge is 0.416 e. The van der Waals surface area contributed by atoms with E-state index in [1.807, 2.05) is 0 Å². The monoisotopic (exact) mass is 386 g/mol. The Bertz CT molecular complexity index is 827. The minimum atomic E-state index is -4.41. The zero-order valence-corrected chi connectivity index (χ0v) is 15.3. The summed E-state index contributed by atoms with van der Waals surface area (Å²) >= 11 is 1.04. The number of ether oxygens (including phenoxy) is 1. The fraction of sp³-hybridized carbons (Fsp3) is 0.353. The number of hydrogen-bond donors (Lipinski definition) is 1. The van der Waals surface area contributed by atoms with Crippen molar-refractivity contribution in [3.8, 4) is 10.6 Å². The van der Waals surface area contributed by atoms with E-state index in [-0.39, 0.29) is 4.88 Å². The van der Waals surface area contributed by atoms with Gasteiger partial charge in [0, 0.05) is 5.56 Å². The maximum Gasteiger partial charge on any atom is 0.416 e. The zero-order valence-electron chi connectivity index (χ0n) is 14.5. The largest absolute Gasteiger partial charge is 0.467 e. The number of carbonyl (C=O) groups is 2. The molecule has 1 amide bonds. The highest BCUT2D eigenvalue weighted by Crippen LogP contribution is 2.33. The van der Waals surface area contributed by atoms with Gasteiger partial charge < -0.3 is 10.1 Å². The molecule has 0 saturated heterocycles. The summed E-state index contributed by atoms with van der Waals surface area (Å²) < 4.78 is 42.6. The molecule has 0 radical (unpaired) electrons. The highest BCUT2D eigenvalue weighted by molar-refractivity contribution is 7.17. The van der Waals surface area contributed by atoms with Crippen LogP contribution in [0, 0.1) is 6.92 Å². The molecule has 1 aromatic carbocycles. The molecule has 0 bridgehead atoms. The van der Waals surface area contributed by atoms with Crippen molar-refractivity contribution < 1.29 is 27.5 Å². The molecule has 1 N–H and O–H groups in total. The first-order chi connectivity index (χ1) is 12.0. The van der Waals surface area contributed by atoms with E-state index in [2.05, 4.69) is 15.0 Å². The second-order valence-electron chi connectivity index (χ2n) is 6.08. The van der Waals surface area contributed by atoms with Crippen LogP contribution in [0.2, 0.25) is 0 Å². The van der Waals surface area contributed by atoms with Crippen LogP contribution in [0.5, 0.6) is 0 Å². The lowest BCUT2D eigenvalue weighted by atomic mass is 10.1. The van der Waals surface area contributed by atoms with Crippen LogP contribution in [0.15, 0.2) is 24.3 Å². The number of alkyl halides is 3. The van der Waals surface area contributed by atoms with Gasteiger partial charge in [-0.25, -0.2) is 9.78 Å². The maximum absolute atomic E-state index is 12.6. The number of methoxy groups -OCH3 is 1. The van der Waals surface area contributed by atoms with Gasteiger partial charge in [0.1, 0.15) is 15.4 Å². The van der Waals surface area contributed by atoms with Crippen LogP contribution in [-0.2, 0) is 15.7 Å². The molecule has 5 nitrogen and oxygen atoms in total. The summed E-state index contributed by atoms with van der Waals surface area (Å²) in [4.78, 5) is 28.6. The van der Waals surface area contributed by atoms with Gasteiger partial charge in [-0.2, -0.15) is 13.2 Å². The van der Waals surface area contributed by atoms with Gasteiger partial charge in [-0.05, 0) is 32.9 Å². The predicted octanol–water partition coefficient (Wildman–Crippen LogP) is 3.82. The lowest BCUT2D eigenvalue weighted by molar-refractivity contribution is -0.146. The molecule has 0 saturated carbocycles. The SMILES string of the molecule is COC(=O)C(C)(C)NC(=O)c1sc(-c2ccc(C(F)(F)F)cc2)nc1C. The quantitative estimate of drug-likeness (QED) is 0.812. The van der Waals surface area contributed by atoms with Crippen LogP contribution in [-0.4, -0.2) is 29.5 Å². The number of carbonyl (C=O) groups excluding carboxylic acids is 2. The summed E-state index contributed by atoms with van der Waals surface area (Å²) in [5.74, 6) is -1.11. The normalized spacial score (nSPS) is 12.0. The van der Waals surface area contributed by atoms with Crippen molar-refractivity contribution in [3.05, 3.63) is 40.4 Å². The van der Waals surface area contributed by atoms with Crippen molar-refractivity contribution in [2.24, 2.45) is 0 Å². The van der Waals surface area contributed by atoms with E-state index >= 15 is 0 Å². The summed E-state index contributed by atoms with van der Waals surface area (Å²) in [5.41, 5.74) is -1.09. The Morgan fingerprint density at radius 3 is 2.23 bits per heavy atom. The predicted molar refractivity (Wildman–Crippen MR) is 90.9 cm³/mol. The van der Waals surface area contributed by atoms with Gasteiger partial charge in [-0.1, -0.05) is 12.1 Å². The Morgan fingerprint density at radius 1 is 1.15 bits per heavy atom. The number of thiazole rings is 1. The summed E-state index contributed by atoms with van der Waals surface area (Å²) in [7, 11) is 1.22. The van der Waals surface area contributed by atoms with E-state index in [9.17, 15) is 22.8 Å². The van der Waals surface area contributed by atoms with Crippen molar-refractivity contribution in [3.63, 3.8) is 0 Å². The number of aryl methyl sites for hydroxylation is 1. The highest BCUT2D eigenvalue weighted by Gasteiger charge is 2.32. The van der Waals surface area contributed by atoms with E-state index in [0.717, 1.165) is 23.5 Å². The average Bonchev–Trinajstić information content (AvgIpc) is 2.95. The molecule has 0 aliphatic carbocycles. The van der Waals surface area contributed by atoms with Crippen LogP contribution >= 0.6 is 11.3 Å². The number of hydrogen-bond acceptors (Lipinski definition) is 5. The molecule has 0 atom stereocenters. The summed E-state index contributed by atoms with van der Waals surface area (Å²) in [6, 6.07) is 4.54. The van der Waals surface area contributed by atoms with E-state index < -0.39 is 29.2 Å². The molecule has 0 spiro atoms. The molecule has 2 aromatic rings. The fourth-order valence-corrected chi connectivity index (χ4v) is 3.15. The van der Waals surface area contributed by atoms with Gasteiger partial charge >= 0.3 is 12.1 Å². The third-order valence-electron chi connectivity index (χ3n) is 3.58.